The van der Waals surface area contributed by atoms with Crippen LogP contribution in [0.1, 0.15) is 39.0 Å². The van der Waals surface area contributed by atoms with Crippen LogP contribution in [-0.4, -0.2) is 37.5 Å². The summed E-state index contributed by atoms with van der Waals surface area (Å²) in [6.45, 7) is 4.41. The van der Waals surface area contributed by atoms with Gasteiger partial charge in [-0.1, -0.05) is 6.92 Å². The molecule has 5 nitrogen and oxygen atoms in total. The van der Waals surface area contributed by atoms with Crippen molar-refractivity contribution >= 4 is 11.8 Å². The first-order chi connectivity index (χ1) is 8.66. The summed E-state index contributed by atoms with van der Waals surface area (Å²) in [4.78, 5) is 23.4. The smallest absolute Gasteiger partial charge is 0.227 e. The number of nitrogens with one attached hydrogen (secondary N) is 3. The second-order valence-corrected chi connectivity index (χ2v) is 5.43. The van der Waals surface area contributed by atoms with Crippen LogP contribution in [0.3, 0.4) is 0 Å². The molecular formula is C13H23N3O2. The quantitative estimate of drug-likeness (QED) is 0.668. The summed E-state index contributed by atoms with van der Waals surface area (Å²) >= 11 is 0. The second kappa shape index (κ2) is 5.69. The number of carbonyl (C=O) groups is 2. The molecule has 102 valence electrons. The van der Waals surface area contributed by atoms with E-state index in [1.165, 1.54) is 0 Å². The molecule has 0 aromatic rings. The molecule has 2 aliphatic rings. The highest BCUT2D eigenvalue weighted by atomic mass is 16.2. The van der Waals surface area contributed by atoms with E-state index >= 15 is 0 Å². The topological polar surface area (TPSA) is 70.2 Å². The standard InChI is InChI=1S/C13H23N3O2/c1-2-13(6-3-7-14-9-13)12(18)15-8-10-4-5-11(17)16-10/h10,14H,2-9H2,1H3,(H,15,18)(H,16,17). The SMILES string of the molecule is CCC1(C(=O)NCC2CCC(=O)N2)CCCNC1. The van der Waals surface area contributed by atoms with Crippen LogP contribution in [0.2, 0.25) is 0 Å². The van der Waals surface area contributed by atoms with Gasteiger partial charge in [0, 0.05) is 25.6 Å². The molecule has 2 aliphatic heterocycles. The van der Waals surface area contributed by atoms with Gasteiger partial charge in [-0.15, -0.1) is 0 Å². The van der Waals surface area contributed by atoms with E-state index < -0.39 is 0 Å². The van der Waals surface area contributed by atoms with Gasteiger partial charge in [0.2, 0.25) is 11.8 Å². The van der Waals surface area contributed by atoms with Gasteiger partial charge in [-0.3, -0.25) is 9.59 Å². The van der Waals surface area contributed by atoms with E-state index in [-0.39, 0.29) is 23.3 Å². The molecule has 2 saturated heterocycles. The fourth-order valence-electron chi connectivity index (χ4n) is 2.86. The number of rotatable bonds is 4. The van der Waals surface area contributed by atoms with Gasteiger partial charge in [-0.2, -0.15) is 0 Å². The first-order valence-corrected chi connectivity index (χ1v) is 6.95. The maximum absolute atomic E-state index is 12.3. The van der Waals surface area contributed by atoms with E-state index in [1.54, 1.807) is 0 Å². The molecule has 0 radical (unpaired) electrons. The third-order valence-electron chi connectivity index (χ3n) is 4.22. The molecule has 2 heterocycles. The molecular weight excluding hydrogens is 230 g/mol. The van der Waals surface area contributed by atoms with Crippen LogP contribution in [0.25, 0.3) is 0 Å². The number of piperidine rings is 1. The van der Waals surface area contributed by atoms with Crippen LogP contribution in [0.15, 0.2) is 0 Å². The number of carbonyl (C=O) groups excluding carboxylic acids is 2. The van der Waals surface area contributed by atoms with Crippen molar-refractivity contribution in [3.8, 4) is 0 Å². The second-order valence-electron chi connectivity index (χ2n) is 5.43. The molecule has 0 aromatic heterocycles. The summed E-state index contributed by atoms with van der Waals surface area (Å²) in [5.41, 5.74) is -0.249. The molecule has 0 bridgehead atoms. The van der Waals surface area contributed by atoms with Gasteiger partial charge >= 0.3 is 0 Å². The van der Waals surface area contributed by atoms with Crippen molar-refractivity contribution in [3.63, 3.8) is 0 Å². The fraction of sp³-hybridized carbons (Fsp3) is 0.846. The average molecular weight is 253 g/mol. The van der Waals surface area contributed by atoms with Crippen molar-refractivity contribution in [2.75, 3.05) is 19.6 Å². The van der Waals surface area contributed by atoms with Crippen molar-refractivity contribution in [1.82, 2.24) is 16.0 Å². The molecule has 18 heavy (non-hydrogen) atoms. The number of hydrogen-bond acceptors (Lipinski definition) is 3. The Morgan fingerprint density at radius 2 is 2.39 bits per heavy atom. The first kappa shape index (κ1) is 13.3. The number of amides is 2. The minimum absolute atomic E-state index is 0.0961. The molecule has 2 atom stereocenters. The predicted octanol–water partition coefficient (Wildman–Crippen LogP) is 0.161. The molecule has 5 heteroatoms. The Hall–Kier alpha value is -1.10. The summed E-state index contributed by atoms with van der Waals surface area (Å²) in [5.74, 6) is 0.233. The third kappa shape index (κ3) is 2.83. The van der Waals surface area contributed by atoms with Crippen molar-refractivity contribution in [1.29, 1.82) is 0 Å². The Bertz CT molecular complexity index is 324. The molecule has 0 spiro atoms. The van der Waals surface area contributed by atoms with E-state index in [2.05, 4.69) is 22.9 Å². The predicted molar refractivity (Wildman–Crippen MR) is 69.0 cm³/mol. The maximum atomic E-state index is 12.3. The maximum Gasteiger partial charge on any atom is 0.227 e. The lowest BCUT2D eigenvalue weighted by Crippen LogP contribution is -2.52. The van der Waals surface area contributed by atoms with Crippen molar-refractivity contribution in [2.24, 2.45) is 5.41 Å². The van der Waals surface area contributed by atoms with Gasteiger partial charge in [-0.05, 0) is 32.2 Å². The van der Waals surface area contributed by atoms with Gasteiger partial charge in [0.25, 0.3) is 0 Å². The zero-order chi connectivity index (χ0) is 13.0. The zero-order valence-electron chi connectivity index (χ0n) is 11.1. The average Bonchev–Trinajstić information content (AvgIpc) is 2.82. The Balaban J connectivity index is 1.84. The van der Waals surface area contributed by atoms with E-state index in [4.69, 9.17) is 0 Å². The van der Waals surface area contributed by atoms with Crippen LogP contribution in [0, 0.1) is 5.41 Å². The third-order valence-corrected chi connectivity index (χ3v) is 4.22. The normalized spacial score (nSPS) is 32.1. The Morgan fingerprint density at radius 3 is 2.94 bits per heavy atom. The van der Waals surface area contributed by atoms with Gasteiger partial charge < -0.3 is 16.0 Å². The molecule has 2 amide bonds. The lowest BCUT2D eigenvalue weighted by atomic mass is 9.77. The van der Waals surface area contributed by atoms with Crippen LogP contribution < -0.4 is 16.0 Å². The van der Waals surface area contributed by atoms with Crippen LogP contribution in [-0.2, 0) is 9.59 Å². The lowest BCUT2D eigenvalue weighted by Gasteiger charge is -2.35. The summed E-state index contributed by atoms with van der Waals surface area (Å²) < 4.78 is 0. The monoisotopic (exact) mass is 253 g/mol. The van der Waals surface area contributed by atoms with Gasteiger partial charge in [0.1, 0.15) is 0 Å². The van der Waals surface area contributed by atoms with Crippen LogP contribution >= 0.6 is 0 Å². The largest absolute Gasteiger partial charge is 0.354 e. The van der Waals surface area contributed by atoms with Crippen molar-refractivity contribution < 1.29 is 9.59 Å². The van der Waals surface area contributed by atoms with Crippen molar-refractivity contribution in [3.05, 3.63) is 0 Å². The summed E-state index contributed by atoms with van der Waals surface area (Å²) in [6.07, 6.45) is 4.29. The number of hydrogen-bond donors (Lipinski definition) is 3. The highest BCUT2D eigenvalue weighted by Crippen LogP contribution is 2.30. The minimum Gasteiger partial charge on any atom is -0.354 e. The highest BCUT2D eigenvalue weighted by molar-refractivity contribution is 5.83. The summed E-state index contributed by atoms with van der Waals surface area (Å²) in [6, 6.07) is 0.118. The minimum atomic E-state index is -0.249. The fourth-order valence-corrected chi connectivity index (χ4v) is 2.86. The van der Waals surface area contributed by atoms with Crippen molar-refractivity contribution in [2.45, 2.75) is 45.1 Å². The van der Waals surface area contributed by atoms with Gasteiger partial charge in [0.05, 0.1) is 5.41 Å². The van der Waals surface area contributed by atoms with Crippen LogP contribution in [0.5, 0.6) is 0 Å². The van der Waals surface area contributed by atoms with Crippen LogP contribution in [0.4, 0.5) is 0 Å². The zero-order valence-corrected chi connectivity index (χ0v) is 11.1. The Morgan fingerprint density at radius 1 is 1.56 bits per heavy atom. The Labute approximate surface area is 108 Å². The molecule has 2 fully saturated rings. The van der Waals surface area contributed by atoms with Gasteiger partial charge in [-0.25, -0.2) is 0 Å². The van der Waals surface area contributed by atoms with E-state index in [0.29, 0.717) is 13.0 Å². The van der Waals surface area contributed by atoms with Gasteiger partial charge in [0.15, 0.2) is 0 Å². The van der Waals surface area contributed by atoms with E-state index in [0.717, 1.165) is 38.8 Å². The molecule has 2 unspecified atom stereocenters. The molecule has 0 aliphatic carbocycles. The lowest BCUT2D eigenvalue weighted by molar-refractivity contribution is -0.132. The van der Waals surface area contributed by atoms with E-state index in [1.807, 2.05) is 0 Å². The Kier molecular flexibility index (Phi) is 4.22. The van der Waals surface area contributed by atoms with E-state index in [9.17, 15) is 9.59 Å². The molecule has 0 aromatic carbocycles. The highest BCUT2D eigenvalue weighted by Gasteiger charge is 2.38. The molecule has 3 N–H and O–H groups in total. The summed E-state index contributed by atoms with van der Waals surface area (Å²) in [5, 5.41) is 9.20. The molecule has 2 rings (SSSR count). The first-order valence-electron chi connectivity index (χ1n) is 6.95. The molecule has 0 saturated carbocycles. The summed E-state index contributed by atoms with van der Waals surface area (Å²) in [7, 11) is 0.